The molecule has 2 aliphatic rings. The van der Waals surface area contributed by atoms with Gasteiger partial charge in [-0.1, -0.05) is 0 Å². The molecule has 2 aliphatic carbocycles. The van der Waals surface area contributed by atoms with Gasteiger partial charge < -0.3 is 5.11 Å². The topological polar surface area (TPSA) is 63.1 Å². The minimum atomic E-state index is -0.746. The van der Waals surface area contributed by atoms with Gasteiger partial charge in [-0.3, -0.25) is 4.79 Å². The molecule has 1 atom stereocenters. The molecule has 1 unspecified atom stereocenters. The fraction of sp³-hybridized carbons (Fsp3) is 0.583. The summed E-state index contributed by atoms with van der Waals surface area (Å²) in [6.45, 7) is 1.91. The van der Waals surface area contributed by atoms with E-state index in [1.165, 1.54) is 12.8 Å². The molecule has 1 fully saturated rings. The number of hydrogen-bond acceptors (Lipinski definition) is 3. The van der Waals surface area contributed by atoms with Crippen molar-refractivity contribution in [2.75, 3.05) is 0 Å². The molecule has 0 aromatic carbocycles. The van der Waals surface area contributed by atoms with E-state index in [0.717, 1.165) is 29.2 Å². The smallest absolute Gasteiger partial charge is 0.311 e. The van der Waals surface area contributed by atoms with Crippen molar-refractivity contribution in [3.63, 3.8) is 0 Å². The van der Waals surface area contributed by atoms with E-state index in [2.05, 4.69) is 9.97 Å². The van der Waals surface area contributed by atoms with Gasteiger partial charge in [-0.15, -0.1) is 0 Å². The Kier molecular flexibility index (Phi) is 1.99. The van der Waals surface area contributed by atoms with Crippen LogP contribution in [0.25, 0.3) is 0 Å². The molecule has 3 rings (SSSR count). The molecule has 0 spiro atoms. The summed E-state index contributed by atoms with van der Waals surface area (Å²) in [6.07, 6.45) is 3.82. The zero-order valence-electron chi connectivity index (χ0n) is 9.23. The highest BCUT2D eigenvalue weighted by atomic mass is 16.4. The Bertz CT molecular complexity index is 466. The van der Waals surface area contributed by atoms with Gasteiger partial charge in [0, 0.05) is 22.9 Å². The van der Waals surface area contributed by atoms with Gasteiger partial charge in [-0.25, -0.2) is 9.97 Å². The van der Waals surface area contributed by atoms with Gasteiger partial charge in [0.05, 0.1) is 5.92 Å². The maximum absolute atomic E-state index is 11.1. The van der Waals surface area contributed by atoms with Crippen molar-refractivity contribution in [2.45, 2.75) is 44.4 Å². The number of fused-ring (bicyclic) bond motifs is 1. The van der Waals surface area contributed by atoms with E-state index in [1.807, 2.05) is 6.92 Å². The fourth-order valence-electron chi connectivity index (χ4n) is 2.50. The molecular weight excluding hydrogens is 204 g/mol. The van der Waals surface area contributed by atoms with E-state index >= 15 is 0 Å². The summed E-state index contributed by atoms with van der Waals surface area (Å²) in [5.41, 5.74) is 2.72. The van der Waals surface area contributed by atoms with Crippen molar-refractivity contribution in [1.29, 1.82) is 0 Å². The summed E-state index contributed by atoms with van der Waals surface area (Å²) < 4.78 is 0. The summed E-state index contributed by atoms with van der Waals surface area (Å²) in [7, 11) is 0. The molecule has 4 nitrogen and oxygen atoms in total. The summed E-state index contributed by atoms with van der Waals surface area (Å²) in [4.78, 5) is 20.1. The molecule has 84 valence electrons. The van der Waals surface area contributed by atoms with Gasteiger partial charge in [0.2, 0.25) is 0 Å². The molecule has 0 bridgehead atoms. The molecule has 16 heavy (non-hydrogen) atoms. The van der Waals surface area contributed by atoms with Crippen LogP contribution < -0.4 is 0 Å². The first kappa shape index (κ1) is 9.75. The van der Waals surface area contributed by atoms with Crippen LogP contribution in [-0.4, -0.2) is 21.0 Å². The van der Waals surface area contributed by atoms with Crippen LogP contribution in [0.1, 0.15) is 53.9 Å². The van der Waals surface area contributed by atoms with Gasteiger partial charge in [0.15, 0.2) is 0 Å². The lowest BCUT2D eigenvalue weighted by atomic mass is 10.0. The van der Waals surface area contributed by atoms with Gasteiger partial charge in [0.1, 0.15) is 5.82 Å². The minimum absolute atomic E-state index is 0.386. The second-order valence-electron chi connectivity index (χ2n) is 4.73. The van der Waals surface area contributed by atoms with Crippen LogP contribution in [-0.2, 0) is 11.2 Å². The second kappa shape index (κ2) is 3.27. The summed E-state index contributed by atoms with van der Waals surface area (Å²) in [6, 6.07) is 0. The zero-order chi connectivity index (χ0) is 11.3. The molecule has 0 amide bonds. The second-order valence-corrected chi connectivity index (χ2v) is 4.73. The van der Waals surface area contributed by atoms with Crippen LogP contribution in [0.2, 0.25) is 0 Å². The number of rotatable bonds is 2. The molecule has 1 N–H and O–H groups in total. The van der Waals surface area contributed by atoms with Crippen LogP contribution in [0.5, 0.6) is 0 Å². The predicted octanol–water partition coefficient (Wildman–Crippen LogP) is 1.78. The fourth-order valence-corrected chi connectivity index (χ4v) is 2.50. The Morgan fingerprint density at radius 3 is 2.69 bits per heavy atom. The maximum Gasteiger partial charge on any atom is 0.311 e. The Balaban J connectivity index is 2.06. The van der Waals surface area contributed by atoms with Gasteiger partial charge in [-0.05, 0) is 32.6 Å². The van der Waals surface area contributed by atoms with Crippen molar-refractivity contribution in [2.24, 2.45) is 0 Å². The van der Waals surface area contributed by atoms with Crippen LogP contribution in [0, 0.1) is 6.92 Å². The van der Waals surface area contributed by atoms with Gasteiger partial charge in [-0.2, -0.15) is 0 Å². The molecule has 4 heteroatoms. The number of carbonyl (C=O) groups is 1. The number of carboxylic acids is 1. The van der Waals surface area contributed by atoms with Crippen molar-refractivity contribution >= 4 is 5.97 Å². The average Bonchev–Trinajstić information content (AvgIpc) is 2.98. The molecule has 1 saturated carbocycles. The highest BCUT2D eigenvalue weighted by Crippen LogP contribution is 2.41. The third kappa shape index (κ3) is 1.40. The molecule has 1 aromatic heterocycles. The van der Waals surface area contributed by atoms with E-state index in [1.54, 1.807) is 0 Å². The molecule has 1 aromatic rings. The zero-order valence-corrected chi connectivity index (χ0v) is 9.23. The van der Waals surface area contributed by atoms with Crippen molar-refractivity contribution in [3.8, 4) is 0 Å². The van der Waals surface area contributed by atoms with Crippen molar-refractivity contribution in [3.05, 3.63) is 22.8 Å². The number of hydrogen-bond donors (Lipinski definition) is 1. The van der Waals surface area contributed by atoms with Crippen LogP contribution in [0.4, 0.5) is 0 Å². The molecular formula is C12H14N2O2. The number of aryl methyl sites for hydroxylation is 2. The highest BCUT2D eigenvalue weighted by molar-refractivity contribution is 5.77. The Hall–Kier alpha value is -1.45. The number of aliphatic carboxylic acids is 1. The number of nitrogens with zero attached hydrogens (tertiary/aromatic N) is 2. The van der Waals surface area contributed by atoms with Gasteiger partial charge >= 0.3 is 5.97 Å². The first-order valence-corrected chi connectivity index (χ1v) is 5.77. The Labute approximate surface area is 93.7 Å². The summed E-state index contributed by atoms with van der Waals surface area (Å²) in [5, 5.41) is 9.12. The standard InChI is InChI=1S/C12H14N2O2/c1-6-10-8(12(15)16)4-5-9(10)14-11(13-6)7-2-3-7/h7-8H,2-5H2,1H3,(H,15,16). The average molecular weight is 218 g/mol. The first-order valence-electron chi connectivity index (χ1n) is 5.77. The minimum Gasteiger partial charge on any atom is -0.481 e. The van der Waals surface area contributed by atoms with E-state index in [-0.39, 0.29) is 5.92 Å². The van der Waals surface area contributed by atoms with E-state index in [0.29, 0.717) is 12.3 Å². The van der Waals surface area contributed by atoms with E-state index in [4.69, 9.17) is 5.11 Å². The predicted molar refractivity (Wildman–Crippen MR) is 57.4 cm³/mol. The lowest BCUT2D eigenvalue weighted by molar-refractivity contribution is -0.138. The van der Waals surface area contributed by atoms with Crippen LogP contribution in [0.3, 0.4) is 0 Å². The molecule has 0 saturated heterocycles. The Morgan fingerprint density at radius 1 is 1.31 bits per heavy atom. The van der Waals surface area contributed by atoms with Crippen molar-refractivity contribution in [1.82, 2.24) is 9.97 Å². The third-order valence-electron chi connectivity index (χ3n) is 3.49. The number of aromatic nitrogens is 2. The lowest BCUT2D eigenvalue weighted by Gasteiger charge is -2.09. The quantitative estimate of drug-likeness (QED) is 0.821. The first-order chi connectivity index (χ1) is 7.66. The van der Waals surface area contributed by atoms with Crippen LogP contribution >= 0.6 is 0 Å². The molecule has 1 heterocycles. The monoisotopic (exact) mass is 218 g/mol. The maximum atomic E-state index is 11.1. The highest BCUT2D eigenvalue weighted by Gasteiger charge is 2.34. The van der Waals surface area contributed by atoms with E-state index < -0.39 is 5.97 Å². The SMILES string of the molecule is Cc1nc(C2CC2)nc2c1C(C(=O)O)CC2. The van der Waals surface area contributed by atoms with Gasteiger partial charge in [0.25, 0.3) is 0 Å². The number of carboxylic acid groups (broad SMARTS) is 1. The van der Waals surface area contributed by atoms with Crippen molar-refractivity contribution < 1.29 is 9.90 Å². The summed E-state index contributed by atoms with van der Waals surface area (Å²) in [5.74, 6) is 0.336. The Morgan fingerprint density at radius 2 is 2.06 bits per heavy atom. The largest absolute Gasteiger partial charge is 0.481 e. The molecule has 0 radical (unpaired) electrons. The normalized spacial score (nSPS) is 23.2. The third-order valence-corrected chi connectivity index (χ3v) is 3.49. The summed E-state index contributed by atoms with van der Waals surface area (Å²) >= 11 is 0. The van der Waals surface area contributed by atoms with Crippen LogP contribution in [0.15, 0.2) is 0 Å². The van der Waals surface area contributed by atoms with E-state index in [9.17, 15) is 4.79 Å². The molecule has 0 aliphatic heterocycles. The lowest BCUT2D eigenvalue weighted by Crippen LogP contribution is -2.11.